The third kappa shape index (κ3) is 3.67. The molecule has 0 aromatic heterocycles. The van der Waals surface area contributed by atoms with E-state index in [0.717, 1.165) is 18.3 Å². The van der Waals surface area contributed by atoms with Crippen molar-refractivity contribution in [2.45, 2.75) is 32.1 Å². The molecule has 6 atom stereocenters. The van der Waals surface area contributed by atoms with Gasteiger partial charge in [-0.05, 0) is 67.6 Å². The molecular weight excluding hydrogens is 252 g/mol. The summed E-state index contributed by atoms with van der Waals surface area (Å²) in [6, 6.07) is 0. The summed E-state index contributed by atoms with van der Waals surface area (Å²) in [5.41, 5.74) is 0. The van der Waals surface area contributed by atoms with Crippen LogP contribution in [0.25, 0.3) is 0 Å². The molecule has 21 heavy (non-hydrogen) atoms. The predicted molar refractivity (Wildman–Crippen MR) is 94.0 cm³/mol. The molecule has 0 radical (unpaired) electrons. The van der Waals surface area contributed by atoms with Gasteiger partial charge < -0.3 is 0 Å². The number of allylic oxidation sites excluding steroid dienone is 6. The maximum absolute atomic E-state index is 4.08. The maximum Gasteiger partial charge on any atom is -0.0136 e. The normalized spacial score (nSPS) is 39.4. The Labute approximate surface area is 131 Å². The zero-order valence-electron chi connectivity index (χ0n) is 13.3. The van der Waals surface area contributed by atoms with Crippen LogP contribution in [0.1, 0.15) is 32.1 Å². The number of rotatable bonds is 7. The molecule has 2 rings (SSSR count). The van der Waals surface area contributed by atoms with Gasteiger partial charge in [-0.2, -0.15) is 0 Å². The van der Waals surface area contributed by atoms with Gasteiger partial charge in [0.2, 0.25) is 0 Å². The van der Waals surface area contributed by atoms with Gasteiger partial charge >= 0.3 is 0 Å². The van der Waals surface area contributed by atoms with E-state index in [-0.39, 0.29) is 0 Å². The Kier molecular flexibility index (Phi) is 5.85. The Morgan fingerprint density at radius 1 is 0.762 bits per heavy atom. The molecule has 0 saturated heterocycles. The fraction of sp³-hybridized carbons (Fsp3) is 0.524. The molecule has 2 aliphatic rings. The SMILES string of the molecule is C=CCC1C(C=C)CC(/C=C\C2CCC(C=C)C2)C1C=C. The Balaban J connectivity index is 2.01. The molecule has 0 spiro atoms. The standard InChI is InChI=1S/C21H30/c1-5-9-21-18(7-3)15-19(20(21)8-4)13-12-17-11-10-16(6-2)14-17/h5-8,12-13,16-21H,1-4,9-11,14-15H2/b13-12-. The average molecular weight is 282 g/mol. The summed E-state index contributed by atoms with van der Waals surface area (Å²) in [5, 5.41) is 0. The first kappa shape index (κ1) is 16.1. The van der Waals surface area contributed by atoms with Gasteiger partial charge in [-0.15, -0.1) is 26.3 Å². The summed E-state index contributed by atoms with van der Waals surface area (Å²) in [7, 11) is 0. The van der Waals surface area contributed by atoms with Crippen molar-refractivity contribution < 1.29 is 0 Å². The van der Waals surface area contributed by atoms with Crippen LogP contribution in [-0.2, 0) is 0 Å². The van der Waals surface area contributed by atoms with Gasteiger partial charge in [0.1, 0.15) is 0 Å². The van der Waals surface area contributed by atoms with E-state index in [9.17, 15) is 0 Å². The van der Waals surface area contributed by atoms with E-state index in [1.165, 1.54) is 25.7 Å². The Morgan fingerprint density at radius 2 is 1.52 bits per heavy atom. The second kappa shape index (κ2) is 7.64. The van der Waals surface area contributed by atoms with Crippen LogP contribution in [0.15, 0.2) is 62.8 Å². The minimum Gasteiger partial charge on any atom is -0.103 e. The summed E-state index contributed by atoms with van der Waals surface area (Å²) < 4.78 is 0. The fourth-order valence-electron chi connectivity index (χ4n) is 4.34. The van der Waals surface area contributed by atoms with Gasteiger partial charge in [0.25, 0.3) is 0 Å². The van der Waals surface area contributed by atoms with Crippen LogP contribution in [0, 0.1) is 35.5 Å². The van der Waals surface area contributed by atoms with Crippen LogP contribution < -0.4 is 0 Å². The quantitative estimate of drug-likeness (QED) is 0.505. The first-order chi connectivity index (χ1) is 10.2. The lowest BCUT2D eigenvalue weighted by Gasteiger charge is -2.20. The van der Waals surface area contributed by atoms with E-state index >= 15 is 0 Å². The first-order valence-corrected chi connectivity index (χ1v) is 8.40. The molecule has 114 valence electrons. The topological polar surface area (TPSA) is 0 Å². The van der Waals surface area contributed by atoms with E-state index in [4.69, 9.17) is 0 Å². The highest BCUT2D eigenvalue weighted by Crippen LogP contribution is 2.46. The molecule has 6 unspecified atom stereocenters. The minimum atomic E-state index is 0.568. The number of hydrogen-bond acceptors (Lipinski definition) is 0. The number of hydrogen-bond donors (Lipinski definition) is 0. The van der Waals surface area contributed by atoms with Crippen molar-refractivity contribution in [1.29, 1.82) is 0 Å². The summed E-state index contributed by atoms with van der Waals surface area (Å²) in [5.74, 6) is 3.91. The van der Waals surface area contributed by atoms with Crippen LogP contribution in [0.2, 0.25) is 0 Å². The fourth-order valence-corrected chi connectivity index (χ4v) is 4.34. The lowest BCUT2D eigenvalue weighted by atomic mass is 9.84. The van der Waals surface area contributed by atoms with E-state index in [0.29, 0.717) is 23.7 Å². The smallest absolute Gasteiger partial charge is 0.0136 e. The molecule has 2 aliphatic carbocycles. The van der Waals surface area contributed by atoms with E-state index < -0.39 is 0 Å². The van der Waals surface area contributed by atoms with Crippen LogP contribution in [0.4, 0.5) is 0 Å². The Bertz CT molecular complexity index is 414. The second-order valence-corrected chi connectivity index (χ2v) is 6.75. The van der Waals surface area contributed by atoms with E-state index in [2.05, 4.69) is 62.8 Å². The highest BCUT2D eigenvalue weighted by molar-refractivity contribution is 5.11. The lowest BCUT2D eigenvalue weighted by molar-refractivity contribution is 0.388. The van der Waals surface area contributed by atoms with Crippen LogP contribution in [0.5, 0.6) is 0 Å². The molecule has 0 nitrogen and oxygen atoms in total. The van der Waals surface area contributed by atoms with Crippen molar-refractivity contribution in [3.05, 3.63) is 62.8 Å². The lowest BCUT2D eigenvalue weighted by Crippen LogP contribution is -2.13. The van der Waals surface area contributed by atoms with Gasteiger partial charge in [0.05, 0.1) is 0 Å². The van der Waals surface area contributed by atoms with Gasteiger partial charge in [-0.3, -0.25) is 0 Å². The molecule has 0 aromatic carbocycles. The molecule has 2 fully saturated rings. The molecular formula is C21H30. The second-order valence-electron chi connectivity index (χ2n) is 6.75. The zero-order valence-corrected chi connectivity index (χ0v) is 13.3. The molecule has 0 heterocycles. The molecule has 0 aromatic rings. The van der Waals surface area contributed by atoms with Crippen molar-refractivity contribution in [2.75, 3.05) is 0 Å². The monoisotopic (exact) mass is 282 g/mol. The molecule has 0 bridgehead atoms. The predicted octanol–water partition coefficient (Wildman–Crippen LogP) is 5.96. The minimum absolute atomic E-state index is 0.568. The highest BCUT2D eigenvalue weighted by Gasteiger charge is 2.38. The van der Waals surface area contributed by atoms with Crippen LogP contribution in [0.3, 0.4) is 0 Å². The third-order valence-electron chi connectivity index (χ3n) is 5.57. The van der Waals surface area contributed by atoms with Crippen molar-refractivity contribution in [3.63, 3.8) is 0 Å². The van der Waals surface area contributed by atoms with Crippen molar-refractivity contribution in [2.24, 2.45) is 35.5 Å². The highest BCUT2D eigenvalue weighted by atomic mass is 14.4. The average Bonchev–Trinajstić information content (AvgIpc) is 3.09. The Morgan fingerprint density at radius 3 is 2.10 bits per heavy atom. The first-order valence-electron chi connectivity index (χ1n) is 8.40. The van der Waals surface area contributed by atoms with E-state index in [1.54, 1.807) is 0 Å². The molecule has 0 N–H and O–H groups in total. The van der Waals surface area contributed by atoms with E-state index in [1.807, 2.05) is 0 Å². The maximum atomic E-state index is 4.08. The van der Waals surface area contributed by atoms with Crippen LogP contribution in [-0.4, -0.2) is 0 Å². The third-order valence-corrected chi connectivity index (χ3v) is 5.57. The van der Waals surface area contributed by atoms with Crippen molar-refractivity contribution in [3.8, 4) is 0 Å². The summed E-state index contributed by atoms with van der Waals surface area (Å²) in [4.78, 5) is 0. The summed E-state index contributed by atoms with van der Waals surface area (Å²) in [6.07, 6.45) is 19.6. The van der Waals surface area contributed by atoms with Gasteiger partial charge in [0.15, 0.2) is 0 Å². The van der Waals surface area contributed by atoms with Gasteiger partial charge in [-0.25, -0.2) is 0 Å². The molecule has 2 saturated carbocycles. The molecule has 0 amide bonds. The van der Waals surface area contributed by atoms with Crippen molar-refractivity contribution >= 4 is 0 Å². The summed E-state index contributed by atoms with van der Waals surface area (Å²) >= 11 is 0. The van der Waals surface area contributed by atoms with Gasteiger partial charge in [-0.1, -0.05) is 36.5 Å². The molecule has 0 aliphatic heterocycles. The molecule has 0 heteroatoms. The zero-order chi connectivity index (χ0) is 15.2. The van der Waals surface area contributed by atoms with Crippen LogP contribution >= 0.6 is 0 Å². The summed E-state index contributed by atoms with van der Waals surface area (Å²) in [6.45, 7) is 16.0. The largest absolute Gasteiger partial charge is 0.103 e. The van der Waals surface area contributed by atoms with Gasteiger partial charge in [0, 0.05) is 0 Å². The Hall–Kier alpha value is -1.30. The van der Waals surface area contributed by atoms with Crippen molar-refractivity contribution in [1.82, 2.24) is 0 Å².